The van der Waals surface area contributed by atoms with Crippen molar-refractivity contribution in [1.29, 1.82) is 0 Å². The van der Waals surface area contributed by atoms with Crippen LogP contribution >= 0.6 is 0 Å². The number of hydrogen-bond acceptors (Lipinski definition) is 3. The van der Waals surface area contributed by atoms with Crippen LogP contribution in [-0.4, -0.2) is 19.8 Å². The maximum absolute atomic E-state index is 5.68. The molecule has 0 bridgehead atoms. The Hall–Kier alpha value is -1.84. The lowest BCUT2D eigenvalue weighted by Gasteiger charge is -2.09. The summed E-state index contributed by atoms with van der Waals surface area (Å²) in [6.07, 6.45) is 0. The Morgan fingerprint density at radius 2 is 1.64 bits per heavy atom. The van der Waals surface area contributed by atoms with E-state index in [9.17, 15) is 0 Å². The molecule has 0 heterocycles. The van der Waals surface area contributed by atoms with Crippen molar-refractivity contribution >= 4 is 0 Å². The fourth-order valence-corrected chi connectivity index (χ4v) is 2.28. The van der Waals surface area contributed by atoms with Crippen molar-refractivity contribution in [3.05, 3.63) is 65.2 Å². The lowest BCUT2D eigenvalue weighted by molar-refractivity contribution is 0.110. The number of hydrogen-bond donors (Lipinski definition) is 1. The molecular weight excluding hydrogens is 274 g/mol. The topological polar surface area (TPSA) is 30.5 Å². The number of ether oxygens (including phenoxy) is 2. The molecule has 0 unspecified atom stereocenters. The van der Waals surface area contributed by atoms with E-state index in [0.717, 1.165) is 25.4 Å². The van der Waals surface area contributed by atoms with Gasteiger partial charge in [-0.05, 0) is 37.1 Å². The van der Waals surface area contributed by atoms with Gasteiger partial charge in [-0.15, -0.1) is 0 Å². The average Bonchev–Trinajstić information content (AvgIpc) is 2.52. The summed E-state index contributed by atoms with van der Waals surface area (Å²) < 4.78 is 10.9. The zero-order valence-electron chi connectivity index (χ0n) is 13.5. The van der Waals surface area contributed by atoms with Gasteiger partial charge in [-0.25, -0.2) is 0 Å². The first kappa shape index (κ1) is 16.5. The van der Waals surface area contributed by atoms with Crippen molar-refractivity contribution in [1.82, 2.24) is 5.32 Å². The monoisotopic (exact) mass is 299 g/mol. The summed E-state index contributed by atoms with van der Waals surface area (Å²) in [5.41, 5.74) is 3.83. The molecule has 0 saturated carbocycles. The first-order valence-electron chi connectivity index (χ1n) is 7.83. The highest BCUT2D eigenvalue weighted by molar-refractivity contribution is 5.28. The van der Waals surface area contributed by atoms with E-state index in [1.165, 1.54) is 16.7 Å². The fourth-order valence-electron chi connectivity index (χ4n) is 2.28. The molecule has 0 aliphatic rings. The minimum atomic E-state index is 0.591. The highest BCUT2D eigenvalue weighted by Gasteiger charge is 1.98. The SMILES string of the molecule is CCOCCOc1cccc(CNCc2cccc(C)c2)c1. The molecule has 0 aliphatic carbocycles. The summed E-state index contributed by atoms with van der Waals surface area (Å²) in [6.45, 7) is 7.76. The molecule has 0 aromatic heterocycles. The molecule has 0 saturated heterocycles. The first-order valence-corrected chi connectivity index (χ1v) is 7.83. The molecule has 0 radical (unpaired) electrons. The number of rotatable bonds is 9. The maximum atomic E-state index is 5.68. The molecule has 2 aromatic carbocycles. The molecule has 118 valence electrons. The Kier molecular flexibility index (Phi) is 6.94. The summed E-state index contributed by atoms with van der Waals surface area (Å²) in [5.74, 6) is 0.898. The highest BCUT2D eigenvalue weighted by Crippen LogP contribution is 2.13. The maximum Gasteiger partial charge on any atom is 0.119 e. The van der Waals surface area contributed by atoms with Gasteiger partial charge in [0, 0.05) is 19.7 Å². The average molecular weight is 299 g/mol. The van der Waals surface area contributed by atoms with Gasteiger partial charge in [0.25, 0.3) is 0 Å². The second kappa shape index (κ2) is 9.23. The third-order valence-corrected chi connectivity index (χ3v) is 3.34. The van der Waals surface area contributed by atoms with Crippen LogP contribution < -0.4 is 10.1 Å². The van der Waals surface area contributed by atoms with Gasteiger partial charge in [-0.2, -0.15) is 0 Å². The van der Waals surface area contributed by atoms with Crippen molar-refractivity contribution in [2.24, 2.45) is 0 Å². The highest BCUT2D eigenvalue weighted by atomic mass is 16.5. The molecule has 3 heteroatoms. The summed E-state index contributed by atoms with van der Waals surface area (Å²) >= 11 is 0. The van der Waals surface area contributed by atoms with Crippen molar-refractivity contribution in [3.63, 3.8) is 0 Å². The van der Waals surface area contributed by atoms with Crippen LogP contribution in [0.2, 0.25) is 0 Å². The standard InChI is InChI=1S/C19H25NO2/c1-3-21-10-11-22-19-9-5-8-18(13-19)15-20-14-17-7-4-6-16(2)12-17/h4-9,12-13,20H,3,10-11,14-15H2,1-2H3. The van der Waals surface area contributed by atoms with Gasteiger partial charge >= 0.3 is 0 Å². The number of aryl methyl sites for hydroxylation is 1. The normalized spacial score (nSPS) is 10.6. The summed E-state index contributed by atoms with van der Waals surface area (Å²) in [7, 11) is 0. The third kappa shape index (κ3) is 5.88. The van der Waals surface area contributed by atoms with Crippen LogP contribution in [0.1, 0.15) is 23.6 Å². The zero-order chi connectivity index (χ0) is 15.6. The van der Waals surface area contributed by atoms with Gasteiger partial charge in [0.05, 0.1) is 6.61 Å². The van der Waals surface area contributed by atoms with Crippen LogP contribution in [0.15, 0.2) is 48.5 Å². The van der Waals surface area contributed by atoms with E-state index in [0.29, 0.717) is 13.2 Å². The predicted molar refractivity (Wildman–Crippen MR) is 90.2 cm³/mol. The Bertz CT molecular complexity index is 569. The Labute approximate surface area is 133 Å². The molecule has 1 N–H and O–H groups in total. The lowest BCUT2D eigenvalue weighted by Crippen LogP contribution is -2.13. The minimum absolute atomic E-state index is 0.591. The van der Waals surface area contributed by atoms with Crippen LogP contribution in [0.3, 0.4) is 0 Å². The van der Waals surface area contributed by atoms with Crippen molar-refractivity contribution < 1.29 is 9.47 Å². The second-order valence-electron chi connectivity index (χ2n) is 5.29. The molecule has 0 atom stereocenters. The second-order valence-corrected chi connectivity index (χ2v) is 5.29. The fraction of sp³-hybridized carbons (Fsp3) is 0.368. The summed E-state index contributed by atoms with van der Waals surface area (Å²) in [4.78, 5) is 0. The third-order valence-electron chi connectivity index (χ3n) is 3.34. The zero-order valence-corrected chi connectivity index (χ0v) is 13.5. The summed E-state index contributed by atoms with van der Waals surface area (Å²) in [5, 5.41) is 3.47. The lowest BCUT2D eigenvalue weighted by atomic mass is 10.1. The van der Waals surface area contributed by atoms with Crippen LogP contribution in [0.25, 0.3) is 0 Å². The van der Waals surface area contributed by atoms with Gasteiger partial charge < -0.3 is 14.8 Å². The van der Waals surface area contributed by atoms with Crippen molar-refractivity contribution in [2.75, 3.05) is 19.8 Å². The minimum Gasteiger partial charge on any atom is -0.491 e. The van der Waals surface area contributed by atoms with Crippen LogP contribution in [0.5, 0.6) is 5.75 Å². The van der Waals surface area contributed by atoms with Gasteiger partial charge in [0.15, 0.2) is 0 Å². The molecule has 0 amide bonds. The molecule has 0 fully saturated rings. The van der Waals surface area contributed by atoms with Gasteiger partial charge in [0.1, 0.15) is 12.4 Å². The quantitative estimate of drug-likeness (QED) is 0.716. The summed E-state index contributed by atoms with van der Waals surface area (Å²) in [6, 6.07) is 16.8. The van der Waals surface area contributed by atoms with Gasteiger partial charge in [0.2, 0.25) is 0 Å². The van der Waals surface area contributed by atoms with E-state index in [1.807, 2.05) is 19.1 Å². The molecule has 22 heavy (non-hydrogen) atoms. The van der Waals surface area contributed by atoms with E-state index in [4.69, 9.17) is 9.47 Å². The van der Waals surface area contributed by atoms with Crippen LogP contribution in [0.4, 0.5) is 0 Å². The van der Waals surface area contributed by atoms with E-state index >= 15 is 0 Å². The molecule has 2 aromatic rings. The van der Waals surface area contributed by atoms with E-state index in [1.54, 1.807) is 0 Å². The largest absolute Gasteiger partial charge is 0.491 e. The number of nitrogens with one attached hydrogen (secondary N) is 1. The van der Waals surface area contributed by atoms with Gasteiger partial charge in [-0.1, -0.05) is 42.0 Å². The van der Waals surface area contributed by atoms with E-state index < -0.39 is 0 Å². The molecular formula is C19H25NO2. The Morgan fingerprint density at radius 1 is 0.909 bits per heavy atom. The molecule has 0 spiro atoms. The smallest absolute Gasteiger partial charge is 0.119 e. The molecule has 3 nitrogen and oxygen atoms in total. The first-order chi connectivity index (χ1) is 10.8. The van der Waals surface area contributed by atoms with Crippen molar-refractivity contribution in [2.45, 2.75) is 26.9 Å². The van der Waals surface area contributed by atoms with Crippen LogP contribution in [0, 0.1) is 6.92 Å². The van der Waals surface area contributed by atoms with E-state index in [-0.39, 0.29) is 0 Å². The van der Waals surface area contributed by atoms with Crippen molar-refractivity contribution in [3.8, 4) is 5.75 Å². The van der Waals surface area contributed by atoms with Crippen LogP contribution in [-0.2, 0) is 17.8 Å². The molecule has 2 rings (SSSR count). The van der Waals surface area contributed by atoms with Gasteiger partial charge in [-0.3, -0.25) is 0 Å². The van der Waals surface area contributed by atoms with E-state index in [2.05, 4.69) is 48.6 Å². The number of benzene rings is 2. The molecule has 0 aliphatic heterocycles. The Balaban J connectivity index is 1.77. The predicted octanol–water partition coefficient (Wildman–Crippen LogP) is 3.70. The Morgan fingerprint density at radius 3 is 2.36 bits per heavy atom.